The van der Waals surface area contributed by atoms with Gasteiger partial charge in [-0.25, -0.2) is 0 Å². The molecule has 104 valence electrons. The molecule has 3 fully saturated rings. The van der Waals surface area contributed by atoms with Crippen LogP contribution in [0.1, 0.15) is 58.8 Å². The van der Waals surface area contributed by atoms with Gasteiger partial charge < -0.3 is 0 Å². The highest BCUT2D eigenvalue weighted by atomic mass is 15.3. The third-order valence-electron chi connectivity index (χ3n) is 5.77. The molecule has 3 rings (SSSR count). The Morgan fingerprint density at radius 3 is 2.61 bits per heavy atom. The van der Waals surface area contributed by atoms with Crippen LogP contribution in [0, 0.1) is 5.41 Å². The van der Waals surface area contributed by atoms with Crippen molar-refractivity contribution in [1.29, 1.82) is 0 Å². The lowest BCUT2D eigenvalue weighted by Gasteiger charge is -2.52. The Morgan fingerprint density at radius 2 is 1.94 bits per heavy atom. The molecule has 2 atom stereocenters. The molecule has 0 aromatic rings. The van der Waals surface area contributed by atoms with Gasteiger partial charge in [-0.1, -0.05) is 26.7 Å². The SMILES string of the molecule is CCC1CN2CCCCC2CN1CC1(C)CCC1. The minimum atomic E-state index is 0.657. The van der Waals surface area contributed by atoms with Crippen molar-refractivity contribution in [2.24, 2.45) is 5.41 Å². The van der Waals surface area contributed by atoms with Crippen molar-refractivity contribution in [1.82, 2.24) is 9.80 Å². The first-order valence-electron chi connectivity index (χ1n) is 8.18. The van der Waals surface area contributed by atoms with E-state index >= 15 is 0 Å². The van der Waals surface area contributed by atoms with Crippen molar-refractivity contribution >= 4 is 0 Å². The van der Waals surface area contributed by atoms with E-state index in [4.69, 9.17) is 0 Å². The smallest absolute Gasteiger partial charge is 0.0223 e. The molecule has 2 unspecified atom stereocenters. The van der Waals surface area contributed by atoms with Crippen LogP contribution in [0.2, 0.25) is 0 Å². The lowest BCUT2D eigenvalue weighted by Crippen LogP contribution is -2.61. The summed E-state index contributed by atoms with van der Waals surface area (Å²) in [6, 6.07) is 1.71. The molecule has 0 bridgehead atoms. The van der Waals surface area contributed by atoms with E-state index in [2.05, 4.69) is 23.6 Å². The highest BCUT2D eigenvalue weighted by Gasteiger charge is 2.39. The zero-order valence-corrected chi connectivity index (χ0v) is 12.3. The van der Waals surface area contributed by atoms with E-state index in [1.54, 1.807) is 0 Å². The summed E-state index contributed by atoms with van der Waals surface area (Å²) in [4.78, 5) is 5.64. The van der Waals surface area contributed by atoms with E-state index in [0.717, 1.165) is 12.1 Å². The van der Waals surface area contributed by atoms with Gasteiger partial charge in [0.15, 0.2) is 0 Å². The zero-order chi connectivity index (χ0) is 12.6. The molecule has 0 spiro atoms. The minimum absolute atomic E-state index is 0.657. The Bertz CT molecular complexity index is 285. The van der Waals surface area contributed by atoms with Crippen molar-refractivity contribution in [3.63, 3.8) is 0 Å². The monoisotopic (exact) mass is 250 g/mol. The van der Waals surface area contributed by atoms with Gasteiger partial charge in [0.05, 0.1) is 0 Å². The normalized spacial score (nSPS) is 37.0. The molecule has 0 aromatic carbocycles. The van der Waals surface area contributed by atoms with E-state index in [9.17, 15) is 0 Å². The standard InChI is InChI=1S/C16H30N2/c1-3-14-11-17-10-5-4-7-15(17)12-18(14)13-16(2)8-6-9-16/h14-15H,3-13H2,1-2H3. The predicted octanol–water partition coefficient (Wildman–Crippen LogP) is 3.13. The van der Waals surface area contributed by atoms with Gasteiger partial charge >= 0.3 is 0 Å². The second kappa shape index (κ2) is 5.13. The molecular formula is C16H30N2. The molecule has 3 aliphatic rings. The fourth-order valence-corrected chi connectivity index (χ4v) is 4.32. The highest BCUT2D eigenvalue weighted by molar-refractivity contribution is 4.94. The molecule has 0 N–H and O–H groups in total. The van der Waals surface area contributed by atoms with Gasteiger partial charge in [0.1, 0.15) is 0 Å². The molecule has 0 radical (unpaired) electrons. The third-order valence-corrected chi connectivity index (χ3v) is 5.77. The lowest BCUT2D eigenvalue weighted by molar-refractivity contribution is -0.0267. The van der Waals surface area contributed by atoms with Crippen LogP contribution in [-0.4, -0.2) is 48.1 Å². The maximum atomic E-state index is 2.85. The number of piperidine rings is 1. The van der Waals surface area contributed by atoms with Crippen LogP contribution >= 0.6 is 0 Å². The van der Waals surface area contributed by atoms with E-state index in [1.807, 2.05) is 0 Å². The molecule has 0 amide bonds. The third kappa shape index (κ3) is 2.46. The zero-order valence-electron chi connectivity index (χ0n) is 12.3. The van der Waals surface area contributed by atoms with Crippen LogP contribution in [0.25, 0.3) is 0 Å². The van der Waals surface area contributed by atoms with Crippen molar-refractivity contribution < 1.29 is 0 Å². The second-order valence-corrected chi connectivity index (χ2v) is 7.30. The van der Waals surface area contributed by atoms with Crippen LogP contribution in [0.5, 0.6) is 0 Å². The second-order valence-electron chi connectivity index (χ2n) is 7.30. The van der Waals surface area contributed by atoms with Crippen molar-refractivity contribution in [3.05, 3.63) is 0 Å². The molecule has 2 nitrogen and oxygen atoms in total. The van der Waals surface area contributed by atoms with Crippen LogP contribution < -0.4 is 0 Å². The van der Waals surface area contributed by atoms with Gasteiger partial charge in [0, 0.05) is 31.7 Å². The highest BCUT2D eigenvalue weighted by Crippen LogP contribution is 2.42. The van der Waals surface area contributed by atoms with E-state index in [1.165, 1.54) is 71.1 Å². The van der Waals surface area contributed by atoms with E-state index < -0.39 is 0 Å². The fourth-order valence-electron chi connectivity index (χ4n) is 4.32. The molecule has 2 saturated heterocycles. The van der Waals surface area contributed by atoms with E-state index in [-0.39, 0.29) is 0 Å². The Morgan fingerprint density at radius 1 is 1.11 bits per heavy atom. The predicted molar refractivity (Wildman–Crippen MR) is 76.8 cm³/mol. The van der Waals surface area contributed by atoms with Crippen molar-refractivity contribution in [2.45, 2.75) is 70.9 Å². The van der Waals surface area contributed by atoms with Crippen LogP contribution in [0.15, 0.2) is 0 Å². The topological polar surface area (TPSA) is 6.48 Å². The van der Waals surface area contributed by atoms with Gasteiger partial charge in [0.2, 0.25) is 0 Å². The molecular weight excluding hydrogens is 220 g/mol. The van der Waals surface area contributed by atoms with Crippen LogP contribution in [-0.2, 0) is 0 Å². The summed E-state index contributed by atoms with van der Waals surface area (Å²) in [7, 11) is 0. The van der Waals surface area contributed by atoms with Gasteiger partial charge in [-0.2, -0.15) is 0 Å². The van der Waals surface area contributed by atoms with Crippen molar-refractivity contribution in [2.75, 3.05) is 26.2 Å². The summed E-state index contributed by atoms with van der Waals surface area (Å²) < 4.78 is 0. The van der Waals surface area contributed by atoms with Gasteiger partial charge in [-0.15, -0.1) is 0 Å². The minimum Gasteiger partial charge on any atom is -0.298 e. The summed E-state index contributed by atoms with van der Waals surface area (Å²) in [5.41, 5.74) is 0.657. The molecule has 18 heavy (non-hydrogen) atoms. The van der Waals surface area contributed by atoms with Crippen LogP contribution in [0.4, 0.5) is 0 Å². The molecule has 1 saturated carbocycles. The van der Waals surface area contributed by atoms with E-state index in [0.29, 0.717) is 5.41 Å². The quantitative estimate of drug-likeness (QED) is 0.759. The number of hydrogen-bond acceptors (Lipinski definition) is 2. The van der Waals surface area contributed by atoms with Gasteiger partial charge in [0.25, 0.3) is 0 Å². The van der Waals surface area contributed by atoms with Crippen LogP contribution in [0.3, 0.4) is 0 Å². The summed E-state index contributed by atoms with van der Waals surface area (Å²) >= 11 is 0. The maximum Gasteiger partial charge on any atom is 0.0223 e. The Labute approximate surface area is 113 Å². The number of rotatable bonds is 3. The first kappa shape index (κ1) is 12.9. The number of nitrogens with zero attached hydrogens (tertiary/aromatic N) is 2. The Balaban J connectivity index is 1.64. The lowest BCUT2D eigenvalue weighted by atomic mass is 9.70. The summed E-state index contributed by atoms with van der Waals surface area (Å²) in [6.45, 7) is 10.3. The Kier molecular flexibility index (Phi) is 3.68. The molecule has 2 aliphatic heterocycles. The summed E-state index contributed by atoms with van der Waals surface area (Å²) in [5.74, 6) is 0. The first-order valence-corrected chi connectivity index (χ1v) is 8.18. The molecule has 1 aliphatic carbocycles. The van der Waals surface area contributed by atoms with Gasteiger partial charge in [-0.05, 0) is 44.1 Å². The average molecular weight is 250 g/mol. The summed E-state index contributed by atoms with van der Waals surface area (Å²) in [6.07, 6.45) is 10.1. The van der Waals surface area contributed by atoms with Gasteiger partial charge in [-0.3, -0.25) is 9.80 Å². The first-order chi connectivity index (χ1) is 8.70. The number of piperazine rings is 1. The maximum absolute atomic E-state index is 2.85. The Hall–Kier alpha value is -0.0800. The summed E-state index contributed by atoms with van der Waals surface area (Å²) in [5, 5.41) is 0. The molecule has 0 aromatic heterocycles. The largest absolute Gasteiger partial charge is 0.298 e. The molecule has 2 heteroatoms. The fraction of sp³-hybridized carbons (Fsp3) is 1.00. The molecule has 2 heterocycles. The number of fused-ring (bicyclic) bond motifs is 1. The average Bonchev–Trinajstić information content (AvgIpc) is 2.36. The van der Waals surface area contributed by atoms with Crippen molar-refractivity contribution in [3.8, 4) is 0 Å². The number of hydrogen-bond donors (Lipinski definition) is 0.